The molecule has 0 unspecified atom stereocenters. The summed E-state index contributed by atoms with van der Waals surface area (Å²) in [6.45, 7) is 1.95. The second-order valence-electron chi connectivity index (χ2n) is 4.79. The highest BCUT2D eigenvalue weighted by Gasteiger charge is 2.13. The van der Waals surface area contributed by atoms with E-state index in [1.165, 1.54) is 0 Å². The molecular formula is C17H15NO3. The van der Waals surface area contributed by atoms with Crippen LogP contribution in [0.2, 0.25) is 0 Å². The Morgan fingerprint density at radius 3 is 2.71 bits per heavy atom. The quantitative estimate of drug-likeness (QED) is 0.789. The van der Waals surface area contributed by atoms with Crippen LogP contribution >= 0.6 is 0 Å². The zero-order chi connectivity index (χ0) is 14.8. The van der Waals surface area contributed by atoms with Crippen LogP contribution < -0.4 is 10.1 Å². The molecule has 0 radical (unpaired) electrons. The smallest absolute Gasteiger partial charge is 0.291 e. The molecule has 1 N–H and O–H groups in total. The van der Waals surface area contributed by atoms with E-state index in [-0.39, 0.29) is 5.91 Å². The molecule has 1 aromatic heterocycles. The van der Waals surface area contributed by atoms with Crippen LogP contribution in [-0.4, -0.2) is 13.0 Å². The maximum atomic E-state index is 12.2. The van der Waals surface area contributed by atoms with E-state index in [1.54, 1.807) is 25.3 Å². The van der Waals surface area contributed by atoms with Gasteiger partial charge in [-0.1, -0.05) is 24.3 Å². The third-order valence-electron chi connectivity index (χ3n) is 3.29. The number of hydrogen-bond acceptors (Lipinski definition) is 3. The molecule has 0 aliphatic heterocycles. The van der Waals surface area contributed by atoms with Gasteiger partial charge in [0.2, 0.25) is 0 Å². The van der Waals surface area contributed by atoms with Crippen molar-refractivity contribution < 1.29 is 13.9 Å². The summed E-state index contributed by atoms with van der Waals surface area (Å²) in [6, 6.07) is 14.8. The predicted octanol–water partition coefficient (Wildman–Crippen LogP) is 4.00. The zero-order valence-electron chi connectivity index (χ0n) is 11.8. The maximum absolute atomic E-state index is 12.2. The minimum Gasteiger partial charge on any atom is -0.497 e. The molecule has 4 nitrogen and oxygen atoms in total. The van der Waals surface area contributed by atoms with Crippen molar-refractivity contribution in [2.45, 2.75) is 6.92 Å². The number of methoxy groups -OCH3 is 1. The van der Waals surface area contributed by atoms with E-state index < -0.39 is 0 Å². The van der Waals surface area contributed by atoms with Crippen molar-refractivity contribution in [1.82, 2.24) is 0 Å². The van der Waals surface area contributed by atoms with Crippen molar-refractivity contribution in [2.24, 2.45) is 0 Å². The lowest BCUT2D eigenvalue weighted by Crippen LogP contribution is -2.10. The van der Waals surface area contributed by atoms with Crippen molar-refractivity contribution in [1.29, 1.82) is 0 Å². The molecule has 0 bridgehead atoms. The molecule has 0 saturated heterocycles. The van der Waals surface area contributed by atoms with Crippen molar-refractivity contribution in [3.05, 3.63) is 59.9 Å². The van der Waals surface area contributed by atoms with Crippen molar-refractivity contribution in [3.8, 4) is 5.75 Å². The average Bonchev–Trinajstić information content (AvgIpc) is 2.93. The Bertz CT molecular complexity index is 805. The molecule has 3 rings (SSSR count). The molecule has 0 fully saturated rings. The normalized spacial score (nSPS) is 10.6. The van der Waals surface area contributed by atoms with Crippen LogP contribution in [0, 0.1) is 6.92 Å². The lowest BCUT2D eigenvalue weighted by molar-refractivity contribution is 0.0998. The summed E-state index contributed by atoms with van der Waals surface area (Å²) in [5, 5.41) is 3.72. The highest BCUT2D eigenvalue weighted by atomic mass is 16.5. The topological polar surface area (TPSA) is 51.5 Å². The fourth-order valence-corrected chi connectivity index (χ4v) is 2.21. The molecule has 0 saturated carbocycles. The number of fused-ring (bicyclic) bond motifs is 1. The molecule has 3 aromatic rings. The third kappa shape index (κ3) is 2.60. The van der Waals surface area contributed by atoms with Gasteiger partial charge in [-0.25, -0.2) is 0 Å². The summed E-state index contributed by atoms with van der Waals surface area (Å²) in [5.74, 6) is 0.703. The SMILES string of the molecule is COc1cccc(NC(=O)c2cc3cccc(C)c3o2)c1. The minimum atomic E-state index is -0.279. The first-order valence-corrected chi connectivity index (χ1v) is 6.62. The van der Waals surface area contributed by atoms with E-state index in [2.05, 4.69) is 5.32 Å². The van der Waals surface area contributed by atoms with E-state index in [0.29, 0.717) is 17.2 Å². The Morgan fingerprint density at radius 2 is 1.95 bits per heavy atom. The Hall–Kier alpha value is -2.75. The fraction of sp³-hybridized carbons (Fsp3) is 0.118. The third-order valence-corrected chi connectivity index (χ3v) is 3.29. The second kappa shape index (κ2) is 5.32. The number of furan rings is 1. The molecule has 106 valence electrons. The van der Waals surface area contributed by atoms with Gasteiger partial charge in [-0.05, 0) is 30.7 Å². The van der Waals surface area contributed by atoms with E-state index >= 15 is 0 Å². The van der Waals surface area contributed by atoms with Crippen LogP contribution in [0.15, 0.2) is 52.9 Å². The standard InChI is InChI=1S/C17H15NO3/c1-11-5-3-6-12-9-15(21-16(11)12)17(19)18-13-7-4-8-14(10-13)20-2/h3-10H,1-2H3,(H,18,19). The minimum absolute atomic E-state index is 0.279. The number of carbonyl (C=O) groups excluding carboxylic acids is 1. The van der Waals surface area contributed by atoms with Gasteiger partial charge >= 0.3 is 0 Å². The van der Waals surface area contributed by atoms with Crippen LogP contribution in [0.3, 0.4) is 0 Å². The summed E-state index contributed by atoms with van der Waals surface area (Å²) in [7, 11) is 1.59. The van der Waals surface area contributed by atoms with Gasteiger partial charge in [-0.15, -0.1) is 0 Å². The number of para-hydroxylation sites is 1. The summed E-state index contributed by atoms with van der Waals surface area (Å²) < 4.78 is 10.8. The molecule has 0 aliphatic carbocycles. The second-order valence-corrected chi connectivity index (χ2v) is 4.79. The number of benzene rings is 2. The highest BCUT2D eigenvalue weighted by Crippen LogP contribution is 2.24. The zero-order valence-corrected chi connectivity index (χ0v) is 11.8. The summed E-state index contributed by atoms with van der Waals surface area (Å²) >= 11 is 0. The van der Waals surface area contributed by atoms with Crippen LogP contribution in [-0.2, 0) is 0 Å². The van der Waals surface area contributed by atoms with E-state index in [4.69, 9.17) is 9.15 Å². The van der Waals surface area contributed by atoms with Crippen molar-refractivity contribution >= 4 is 22.6 Å². The van der Waals surface area contributed by atoms with Gasteiger partial charge in [-0.2, -0.15) is 0 Å². The first-order chi connectivity index (χ1) is 10.2. The molecule has 1 heterocycles. The molecule has 21 heavy (non-hydrogen) atoms. The monoisotopic (exact) mass is 281 g/mol. The molecular weight excluding hydrogens is 266 g/mol. The van der Waals surface area contributed by atoms with Crippen molar-refractivity contribution in [2.75, 3.05) is 12.4 Å². The van der Waals surface area contributed by atoms with Gasteiger partial charge in [0, 0.05) is 17.1 Å². The number of amides is 1. The number of carbonyl (C=O) groups is 1. The predicted molar refractivity (Wildman–Crippen MR) is 81.9 cm³/mol. The van der Waals surface area contributed by atoms with Gasteiger partial charge < -0.3 is 14.5 Å². The molecule has 0 spiro atoms. The first kappa shape index (κ1) is 13.2. The number of nitrogens with one attached hydrogen (secondary N) is 1. The van der Waals surface area contributed by atoms with E-state index in [9.17, 15) is 4.79 Å². The summed E-state index contributed by atoms with van der Waals surface area (Å²) in [5.41, 5.74) is 2.41. The lowest BCUT2D eigenvalue weighted by atomic mass is 10.2. The van der Waals surface area contributed by atoms with E-state index in [1.807, 2.05) is 37.3 Å². The molecule has 0 atom stereocenters. The Labute approximate surface area is 122 Å². The van der Waals surface area contributed by atoms with E-state index in [0.717, 1.165) is 16.5 Å². The number of aryl methyl sites for hydroxylation is 1. The fourth-order valence-electron chi connectivity index (χ4n) is 2.21. The summed E-state index contributed by atoms with van der Waals surface area (Å²) in [4.78, 5) is 12.2. The van der Waals surface area contributed by atoms with Crippen LogP contribution in [0.5, 0.6) is 5.75 Å². The van der Waals surface area contributed by atoms with Gasteiger partial charge in [0.25, 0.3) is 5.91 Å². The average molecular weight is 281 g/mol. The molecule has 2 aromatic carbocycles. The Kier molecular flexibility index (Phi) is 3.36. The van der Waals surface area contributed by atoms with Crippen molar-refractivity contribution in [3.63, 3.8) is 0 Å². The van der Waals surface area contributed by atoms with Gasteiger partial charge in [0.15, 0.2) is 5.76 Å². The highest BCUT2D eigenvalue weighted by molar-refractivity contribution is 6.04. The number of rotatable bonds is 3. The number of hydrogen-bond donors (Lipinski definition) is 1. The first-order valence-electron chi connectivity index (χ1n) is 6.62. The lowest BCUT2D eigenvalue weighted by Gasteiger charge is -2.05. The van der Waals surface area contributed by atoms with Gasteiger partial charge in [0.05, 0.1) is 7.11 Å². The molecule has 4 heteroatoms. The summed E-state index contributed by atoms with van der Waals surface area (Å²) in [6.07, 6.45) is 0. The Balaban J connectivity index is 1.88. The Morgan fingerprint density at radius 1 is 1.14 bits per heavy atom. The maximum Gasteiger partial charge on any atom is 0.291 e. The van der Waals surface area contributed by atoms with Crippen LogP contribution in [0.1, 0.15) is 16.1 Å². The molecule has 0 aliphatic rings. The van der Waals surface area contributed by atoms with Gasteiger partial charge in [-0.3, -0.25) is 4.79 Å². The molecule has 1 amide bonds. The largest absolute Gasteiger partial charge is 0.497 e. The number of anilines is 1. The van der Waals surface area contributed by atoms with Crippen LogP contribution in [0.4, 0.5) is 5.69 Å². The van der Waals surface area contributed by atoms with Gasteiger partial charge in [0.1, 0.15) is 11.3 Å². The van der Waals surface area contributed by atoms with Crippen LogP contribution in [0.25, 0.3) is 11.0 Å². The number of ether oxygens (including phenoxy) is 1.